The lowest BCUT2D eigenvalue weighted by Gasteiger charge is -2.36. The van der Waals surface area contributed by atoms with Crippen molar-refractivity contribution in [2.75, 3.05) is 55.6 Å². The topological polar surface area (TPSA) is 66.2 Å². The van der Waals surface area contributed by atoms with Crippen LogP contribution in [0.5, 0.6) is 0 Å². The molecule has 0 atom stereocenters. The highest BCUT2D eigenvalue weighted by molar-refractivity contribution is 5.92. The molecular weight excluding hydrogens is 352 g/mol. The lowest BCUT2D eigenvalue weighted by atomic mass is 10.1. The van der Waals surface area contributed by atoms with E-state index in [1.54, 1.807) is 12.5 Å². The Morgan fingerprint density at radius 2 is 1.71 bits per heavy atom. The second-order valence-corrected chi connectivity index (χ2v) is 7.59. The van der Waals surface area contributed by atoms with Gasteiger partial charge in [0, 0.05) is 63.1 Å². The molecule has 2 fully saturated rings. The molecule has 0 saturated carbocycles. The Kier molecular flexibility index (Phi) is 4.78. The summed E-state index contributed by atoms with van der Waals surface area (Å²) in [4.78, 5) is 16.5. The van der Waals surface area contributed by atoms with Crippen molar-refractivity contribution in [1.82, 2.24) is 29.9 Å². The highest BCUT2D eigenvalue weighted by Gasteiger charge is 2.20. The zero-order chi connectivity index (χ0) is 18.8. The largest absolute Gasteiger partial charge is 0.369 e. The van der Waals surface area contributed by atoms with E-state index in [1.807, 2.05) is 10.9 Å². The van der Waals surface area contributed by atoms with Crippen LogP contribution in [-0.4, -0.2) is 75.7 Å². The van der Waals surface area contributed by atoms with Crippen molar-refractivity contribution in [1.29, 1.82) is 0 Å². The van der Waals surface area contributed by atoms with Gasteiger partial charge in [-0.1, -0.05) is 5.21 Å². The average molecular weight is 378 g/mol. The van der Waals surface area contributed by atoms with Gasteiger partial charge in [0.15, 0.2) is 0 Å². The van der Waals surface area contributed by atoms with Gasteiger partial charge in [0.2, 0.25) is 0 Å². The van der Waals surface area contributed by atoms with E-state index in [0.717, 1.165) is 63.7 Å². The van der Waals surface area contributed by atoms with E-state index in [4.69, 9.17) is 0 Å². The fraction of sp³-hybridized carbons (Fsp3) is 0.500. The van der Waals surface area contributed by atoms with Crippen molar-refractivity contribution in [2.45, 2.75) is 19.4 Å². The molecule has 4 heterocycles. The Labute approximate surface area is 164 Å². The van der Waals surface area contributed by atoms with Crippen molar-refractivity contribution in [3.05, 3.63) is 36.9 Å². The molecule has 2 aromatic heterocycles. The number of hydrogen-bond acceptors (Lipinski definition) is 7. The second kappa shape index (κ2) is 7.71. The molecule has 1 aromatic carbocycles. The van der Waals surface area contributed by atoms with Crippen molar-refractivity contribution in [2.24, 2.45) is 0 Å². The standard InChI is InChI=1S/C20H26N8/c1-2-7-27(6-1)20-18-15-17(3-4-19(18)21-16-22-20)26-12-9-25(10-13-26)11-14-28-8-5-23-24-28/h3-5,8,15-16H,1-2,6-7,9-14H2. The van der Waals surface area contributed by atoms with Crippen LogP contribution in [0.2, 0.25) is 0 Å². The Morgan fingerprint density at radius 3 is 2.50 bits per heavy atom. The summed E-state index contributed by atoms with van der Waals surface area (Å²) in [6.45, 7) is 8.31. The maximum atomic E-state index is 4.61. The number of nitrogens with zero attached hydrogens (tertiary/aromatic N) is 8. The number of anilines is 2. The first-order valence-corrected chi connectivity index (χ1v) is 10.2. The van der Waals surface area contributed by atoms with Gasteiger partial charge in [-0.3, -0.25) is 9.58 Å². The summed E-state index contributed by atoms with van der Waals surface area (Å²) in [5.74, 6) is 1.09. The molecule has 3 aromatic rings. The highest BCUT2D eigenvalue weighted by atomic mass is 15.4. The fourth-order valence-electron chi connectivity index (χ4n) is 4.23. The van der Waals surface area contributed by atoms with Gasteiger partial charge in [0.1, 0.15) is 12.1 Å². The molecule has 0 amide bonds. The molecule has 146 valence electrons. The van der Waals surface area contributed by atoms with Gasteiger partial charge in [0.25, 0.3) is 0 Å². The Hall–Kier alpha value is -2.74. The van der Waals surface area contributed by atoms with Gasteiger partial charge < -0.3 is 9.80 Å². The summed E-state index contributed by atoms with van der Waals surface area (Å²) < 4.78 is 1.90. The van der Waals surface area contributed by atoms with Crippen LogP contribution in [0.25, 0.3) is 10.9 Å². The van der Waals surface area contributed by atoms with E-state index in [9.17, 15) is 0 Å². The molecule has 2 aliphatic rings. The summed E-state index contributed by atoms with van der Waals surface area (Å²) in [5.41, 5.74) is 2.31. The molecule has 0 N–H and O–H groups in total. The summed E-state index contributed by atoms with van der Waals surface area (Å²) >= 11 is 0. The third kappa shape index (κ3) is 3.52. The summed E-state index contributed by atoms with van der Waals surface area (Å²) in [5, 5.41) is 9.09. The van der Waals surface area contributed by atoms with Crippen molar-refractivity contribution in [3.63, 3.8) is 0 Å². The Bertz CT molecular complexity index is 911. The van der Waals surface area contributed by atoms with Gasteiger partial charge >= 0.3 is 0 Å². The predicted octanol–water partition coefficient (Wildman–Crippen LogP) is 1.64. The first-order chi connectivity index (χ1) is 13.9. The van der Waals surface area contributed by atoms with E-state index in [1.165, 1.54) is 23.9 Å². The predicted molar refractivity (Wildman–Crippen MR) is 110 cm³/mol. The quantitative estimate of drug-likeness (QED) is 0.669. The molecule has 8 nitrogen and oxygen atoms in total. The molecule has 0 bridgehead atoms. The number of fused-ring (bicyclic) bond motifs is 1. The lowest BCUT2D eigenvalue weighted by Crippen LogP contribution is -2.47. The van der Waals surface area contributed by atoms with E-state index in [0.29, 0.717) is 0 Å². The van der Waals surface area contributed by atoms with Gasteiger partial charge in [-0.2, -0.15) is 0 Å². The lowest BCUT2D eigenvalue weighted by molar-refractivity contribution is 0.244. The Balaban J connectivity index is 1.28. The van der Waals surface area contributed by atoms with E-state index >= 15 is 0 Å². The van der Waals surface area contributed by atoms with E-state index in [2.05, 4.69) is 53.2 Å². The molecule has 0 radical (unpaired) electrons. The van der Waals surface area contributed by atoms with Gasteiger partial charge in [-0.25, -0.2) is 9.97 Å². The summed E-state index contributed by atoms with van der Waals surface area (Å²) in [6.07, 6.45) is 7.86. The van der Waals surface area contributed by atoms with Crippen molar-refractivity contribution >= 4 is 22.4 Å². The third-order valence-corrected chi connectivity index (χ3v) is 5.86. The molecule has 8 heteroatoms. The second-order valence-electron chi connectivity index (χ2n) is 7.59. The molecule has 2 aliphatic heterocycles. The molecule has 2 saturated heterocycles. The number of hydrogen-bond donors (Lipinski definition) is 0. The molecule has 5 rings (SSSR count). The summed E-state index contributed by atoms with van der Waals surface area (Å²) in [7, 11) is 0. The molecule has 0 unspecified atom stereocenters. The number of benzene rings is 1. The normalized spacial score (nSPS) is 18.3. The average Bonchev–Trinajstić information content (AvgIpc) is 3.46. The van der Waals surface area contributed by atoms with E-state index < -0.39 is 0 Å². The maximum absolute atomic E-state index is 4.61. The van der Waals surface area contributed by atoms with Crippen molar-refractivity contribution < 1.29 is 0 Å². The highest BCUT2D eigenvalue weighted by Crippen LogP contribution is 2.29. The van der Waals surface area contributed by atoms with Gasteiger partial charge in [-0.05, 0) is 31.0 Å². The minimum absolute atomic E-state index is 0.895. The van der Waals surface area contributed by atoms with Crippen LogP contribution in [0.15, 0.2) is 36.9 Å². The van der Waals surface area contributed by atoms with Crippen LogP contribution in [0, 0.1) is 0 Å². The molecular formula is C20H26N8. The summed E-state index contributed by atoms with van der Waals surface area (Å²) in [6, 6.07) is 6.63. The molecule has 0 spiro atoms. The van der Waals surface area contributed by atoms with Crippen LogP contribution in [0.3, 0.4) is 0 Å². The number of rotatable bonds is 5. The minimum Gasteiger partial charge on any atom is -0.369 e. The van der Waals surface area contributed by atoms with Crippen LogP contribution in [0.4, 0.5) is 11.5 Å². The fourth-order valence-corrected chi connectivity index (χ4v) is 4.23. The van der Waals surface area contributed by atoms with Crippen molar-refractivity contribution in [3.8, 4) is 0 Å². The van der Waals surface area contributed by atoms with Gasteiger partial charge in [-0.15, -0.1) is 5.10 Å². The monoisotopic (exact) mass is 378 g/mol. The van der Waals surface area contributed by atoms with E-state index in [-0.39, 0.29) is 0 Å². The molecule has 0 aliphatic carbocycles. The zero-order valence-corrected chi connectivity index (χ0v) is 16.1. The first-order valence-electron chi connectivity index (χ1n) is 10.2. The first kappa shape index (κ1) is 17.4. The third-order valence-electron chi connectivity index (χ3n) is 5.86. The number of piperazine rings is 1. The van der Waals surface area contributed by atoms with Crippen LogP contribution < -0.4 is 9.80 Å². The van der Waals surface area contributed by atoms with Crippen LogP contribution in [-0.2, 0) is 6.54 Å². The Morgan fingerprint density at radius 1 is 0.857 bits per heavy atom. The smallest absolute Gasteiger partial charge is 0.139 e. The maximum Gasteiger partial charge on any atom is 0.139 e. The van der Waals surface area contributed by atoms with Gasteiger partial charge in [0.05, 0.1) is 18.3 Å². The SMILES string of the molecule is c1cn(CCN2CCN(c3ccc4ncnc(N5CCCC5)c4c3)CC2)nn1. The molecule has 28 heavy (non-hydrogen) atoms. The minimum atomic E-state index is 0.895. The van der Waals surface area contributed by atoms with Crippen LogP contribution >= 0.6 is 0 Å². The zero-order valence-electron chi connectivity index (χ0n) is 16.1. The van der Waals surface area contributed by atoms with Crippen LogP contribution in [0.1, 0.15) is 12.8 Å². The number of aromatic nitrogens is 5.